The zero-order chi connectivity index (χ0) is 26.8. The van der Waals surface area contributed by atoms with Gasteiger partial charge in [0.1, 0.15) is 11.4 Å². The highest BCUT2D eigenvalue weighted by molar-refractivity contribution is 9.10. The molecule has 1 aliphatic heterocycles. The number of aromatic nitrogens is 1. The average Bonchev–Trinajstić information content (AvgIpc) is 3.22. The molecule has 4 aromatic rings. The number of hydrogen-bond acceptors (Lipinski definition) is 6. The van der Waals surface area contributed by atoms with Crippen molar-refractivity contribution in [2.75, 3.05) is 18.6 Å². The number of hydrogen-bond donors (Lipinski definition) is 0. The van der Waals surface area contributed by atoms with Gasteiger partial charge >= 0.3 is 0 Å². The number of carbonyl (C=O) groups excluding carboxylic acids is 1. The molecule has 2 aromatic carbocycles. The van der Waals surface area contributed by atoms with Gasteiger partial charge in [-0.2, -0.15) is 0 Å². The third-order valence-corrected chi connectivity index (χ3v) is 7.23. The van der Waals surface area contributed by atoms with Crippen LogP contribution in [0.25, 0.3) is 11.0 Å². The van der Waals surface area contributed by atoms with Gasteiger partial charge in [0.25, 0.3) is 5.91 Å². The number of benzene rings is 2. The Bertz CT molecular complexity index is 1550. The van der Waals surface area contributed by atoms with Crippen LogP contribution in [-0.4, -0.2) is 24.6 Å². The molecule has 7 nitrogen and oxygen atoms in total. The Balaban J connectivity index is 1.63. The topological polar surface area (TPSA) is 81.9 Å². The van der Waals surface area contributed by atoms with E-state index in [4.69, 9.17) is 13.9 Å². The van der Waals surface area contributed by atoms with Gasteiger partial charge in [0, 0.05) is 10.7 Å². The number of methoxy groups -OCH3 is 1. The monoisotopic (exact) mass is 576 g/mol. The summed E-state index contributed by atoms with van der Waals surface area (Å²) in [4.78, 5) is 33.6. The van der Waals surface area contributed by atoms with E-state index in [0.29, 0.717) is 40.5 Å². The van der Waals surface area contributed by atoms with Crippen molar-refractivity contribution < 1.29 is 18.7 Å². The predicted molar refractivity (Wildman–Crippen MR) is 150 cm³/mol. The molecular formula is C30H29BrN2O5. The highest BCUT2D eigenvalue weighted by Crippen LogP contribution is 2.43. The Morgan fingerprint density at radius 1 is 1.03 bits per heavy atom. The van der Waals surface area contributed by atoms with Crippen molar-refractivity contribution >= 4 is 38.6 Å². The van der Waals surface area contributed by atoms with Gasteiger partial charge in [0.2, 0.25) is 5.76 Å². The van der Waals surface area contributed by atoms with Gasteiger partial charge in [-0.1, -0.05) is 54.2 Å². The first-order valence-electron chi connectivity index (χ1n) is 12.8. The second kappa shape index (κ2) is 11.0. The van der Waals surface area contributed by atoms with Crippen molar-refractivity contribution in [3.8, 4) is 11.5 Å². The number of halogens is 1. The maximum absolute atomic E-state index is 13.8. The predicted octanol–water partition coefficient (Wildman–Crippen LogP) is 6.98. The van der Waals surface area contributed by atoms with Crippen LogP contribution in [0.2, 0.25) is 0 Å². The van der Waals surface area contributed by atoms with Crippen LogP contribution in [-0.2, 0) is 0 Å². The van der Waals surface area contributed by atoms with Crippen molar-refractivity contribution in [2.24, 2.45) is 0 Å². The van der Waals surface area contributed by atoms with Crippen LogP contribution in [0.5, 0.6) is 11.5 Å². The van der Waals surface area contributed by atoms with Crippen LogP contribution in [0.1, 0.15) is 65.9 Å². The van der Waals surface area contributed by atoms with E-state index in [1.807, 2.05) is 31.2 Å². The van der Waals surface area contributed by atoms with E-state index in [-0.39, 0.29) is 16.8 Å². The Hall–Kier alpha value is -3.65. The number of aryl methyl sites for hydroxylation is 1. The van der Waals surface area contributed by atoms with Gasteiger partial charge in [-0.15, -0.1) is 0 Å². The maximum Gasteiger partial charge on any atom is 0.296 e. The van der Waals surface area contributed by atoms with E-state index >= 15 is 0 Å². The van der Waals surface area contributed by atoms with Gasteiger partial charge in [-0.05, 0) is 60.9 Å². The standard InChI is InChI=1S/C30H29BrN2O5/c1-4-5-6-7-14-37-23-11-9-19(15-24(23)36-3)27-26-28(34)21-16-20(31)10-12-22(21)38-29(26)30(35)33(27)25-13-8-18(2)17-32-25/h8-13,15-17,27H,4-7,14H2,1-3H3. The molecule has 0 fully saturated rings. The van der Waals surface area contributed by atoms with Crippen molar-refractivity contribution in [3.63, 3.8) is 0 Å². The molecule has 0 aliphatic carbocycles. The number of amides is 1. The lowest BCUT2D eigenvalue weighted by molar-refractivity contribution is 0.0970. The van der Waals surface area contributed by atoms with Crippen molar-refractivity contribution in [1.82, 2.24) is 4.98 Å². The zero-order valence-corrected chi connectivity index (χ0v) is 23.2. The van der Waals surface area contributed by atoms with Gasteiger partial charge in [-0.25, -0.2) is 4.98 Å². The summed E-state index contributed by atoms with van der Waals surface area (Å²) in [6.07, 6.45) is 6.09. The van der Waals surface area contributed by atoms with Crippen LogP contribution in [0.3, 0.4) is 0 Å². The van der Waals surface area contributed by atoms with E-state index < -0.39 is 11.9 Å². The van der Waals surface area contributed by atoms with Crippen LogP contribution in [0.4, 0.5) is 5.82 Å². The molecule has 0 bridgehead atoms. The Labute approximate surface area is 229 Å². The lowest BCUT2D eigenvalue weighted by atomic mass is 9.98. The summed E-state index contributed by atoms with van der Waals surface area (Å²) in [5.74, 6) is 1.18. The second-order valence-electron chi connectivity index (χ2n) is 9.41. The fourth-order valence-electron chi connectivity index (χ4n) is 4.78. The summed E-state index contributed by atoms with van der Waals surface area (Å²) in [6, 6.07) is 13.6. The van der Waals surface area contributed by atoms with E-state index in [2.05, 4.69) is 27.8 Å². The highest BCUT2D eigenvalue weighted by atomic mass is 79.9. The number of ether oxygens (including phenoxy) is 2. The number of unbranched alkanes of at least 4 members (excludes halogenated alkanes) is 3. The summed E-state index contributed by atoms with van der Waals surface area (Å²) in [5, 5.41) is 0.397. The SMILES string of the molecule is CCCCCCOc1ccc(C2c3c(oc4ccc(Br)cc4c3=O)C(=O)N2c2ccc(C)cn2)cc1OC. The first-order chi connectivity index (χ1) is 18.4. The largest absolute Gasteiger partial charge is 0.493 e. The minimum absolute atomic E-state index is 0.0208. The lowest BCUT2D eigenvalue weighted by Crippen LogP contribution is -2.30. The molecule has 0 saturated heterocycles. The quantitative estimate of drug-likeness (QED) is 0.200. The van der Waals surface area contributed by atoms with E-state index in [1.165, 1.54) is 11.3 Å². The molecule has 38 heavy (non-hydrogen) atoms. The van der Waals surface area contributed by atoms with Crippen molar-refractivity contribution in [3.05, 3.63) is 91.9 Å². The molecule has 8 heteroatoms. The van der Waals surface area contributed by atoms with Crippen LogP contribution in [0, 0.1) is 6.92 Å². The van der Waals surface area contributed by atoms with E-state index in [0.717, 1.165) is 29.3 Å². The molecule has 0 radical (unpaired) electrons. The molecule has 1 aliphatic rings. The number of nitrogens with zero attached hydrogens (tertiary/aromatic N) is 2. The summed E-state index contributed by atoms with van der Waals surface area (Å²) >= 11 is 3.44. The molecule has 196 valence electrons. The Morgan fingerprint density at radius 2 is 1.87 bits per heavy atom. The summed E-state index contributed by atoms with van der Waals surface area (Å²) in [6.45, 7) is 4.69. The first kappa shape index (κ1) is 26.0. The average molecular weight is 577 g/mol. The smallest absolute Gasteiger partial charge is 0.296 e. The number of carbonyl (C=O) groups is 1. The van der Waals surface area contributed by atoms with Crippen molar-refractivity contribution in [1.29, 1.82) is 0 Å². The highest BCUT2D eigenvalue weighted by Gasteiger charge is 2.44. The van der Waals surface area contributed by atoms with Crippen LogP contribution in [0.15, 0.2) is 68.4 Å². The molecule has 3 heterocycles. The molecule has 1 atom stereocenters. The number of rotatable bonds is 9. The number of pyridine rings is 1. The van der Waals surface area contributed by atoms with Gasteiger partial charge in [0.15, 0.2) is 16.9 Å². The Morgan fingerprint density at radius 3 is 2.61 bits per heavy atom. The normalized spacial score (nSPS) is 14.7. The van der Waals surface area contributed by atoms with Crippen LogP contribution < -0.4 is 19.8 Å². The molecule has 2 aromatic heterocycles. The van der Waals surface area contributed by atoms with E-state index in [9.17, 15) is 9.59 Å². The third-order valence-electron chi connectivity index (χ3n) is 6.73. The Kier molecular flexibility index (Phi) is 7.51. The fraction of sp³-hybridized carbons (Fsp3) is 0.300. The minimum atomic E-state index is -0.750. The fourth-order valence-corrected chi connectivity index (χ4v) is 5.14. The molecule has 1 amide bonds. The van der Waals surface area contributed by atoms with Crippen LogP contribution >= 0.6 is 15.9 Å². The van der Waals surface area contributed by atoms with Gasteiger partial charge in [-0.3, -0.25) is 14.5 Å². The van der Waals surface area contributed by atoms with E-state index in [1.54, 1.807) is 37.6 Å². The molecule has 0 spiro atoms. The third kappa shape index (κ3) is 4.80. The van der Waals surface area contributed by atoms with Crippen molar-refractivity contribution in [2.45, 2.75) is 45.6 Å². The molecule has 0 N–H and O–H groups in total. The first-order valence-corrected chi connectivity index (χ1v) is 13.6. The van der Waals surface area contributed by atoms with Gasteiger partial charge in [0.05, 0.1) is 30.7 Å². The minimum Gasteiger partial charge on any atom is -0.493 e. The molecule has 5 rings (SSSR count). The maximum atomic E-state index is 13.8. The summed E-state index contributed by atoms with van der Waals surface area (Å²) in [7, 11) is 1.58. The molecular weight excluding hydrogens is 548 g/mol. The summed E-state index contributed by atoms with van der Waals surface area (Å²) in [5.41, 5.74) is 2.02. The summed E-state index contributed by atoms with van der Waals surface area (Å²) < 4.78 is 18.5. The lowest BCUT2D eigenvalue weighted by Gasteiger charge is -2.25. The second-order valence-corrected chi connectivity index (χ2v) is 10.3. The molecule has 1 unspecified atom stereocenters. The number of anilines is 1. The number of fused-ring (bicyclic) bond motifs is 2. The molecule has 0 saturated carbocycles. The van der Waals surface area contributed by atoms with Gasteiger partial charge < -0.3 is 13.9 Å². The zero-order valence-electron chi connectivity index (χ0n) is 21.6.